The molecule has 0 spiro atoms. The molecule has 1 aromatic rings. The Bertz CT molecular complexity index is 299. The van der Waals surface area contributed by atoms with Crippen LogP contribution in [0.4, 0.5) is 0 Å². The molecular formula is C13H22O4. The van der Waals surface area contributed by atoms with Crippen LogP contribution in [0.5, 0.6) is 17.2 Å². The first-order valence-electron chi connectivity index (χ1n) is 5.74. The predicted octanol–water partition coefficient (Wildman–Crippen LogP) is 3.10. The highest BCUT2D eigenvalue weighted by Gasteiger charge is 2.05. The molecule has 0 fully saturated rings. The van der Waals surface area contributed by atoms with Gasteiger partial charge in [0, 0.05) is 13.2 Å². The monoisotopic (exact) mass is 242 g/mol. The van der Waals surface area contributed by atoms with Gasteiger partial charge in [0.15, 0.2) is 18.3 Å². The lowest BCUT2D eigenvalue weighted by molar-refractivity contribution is 0.0509. The van der Waals surface area contributed by atoms with Crippen LogP contribution in [0.1, 0.15) is 20.8 Å². The summed E-state index contributed by atoms with van der Waals surface area (Å²) < 4.78 is 20.6. The maximum absolute atomic E-state index is 5.38. The van der Waals surface area contributed by atoms with E-state index in [1.165, 1.54) is 0 Å². The Balaban J connectivity index is 0.00000121. The van der Waals surface area contributed by atoms with Crippen molar-refractivity contribution in [2.24, 2.45) is 0 Å². The average molecular weight is 242 g/mol. The van der Waals surface area contributed by atoms with Crippen molar-refractivity contribution >= 4 is 0 Å². The van der Waals surface area contributed by atoms with E-state index >= 15 is 0 Å². The third-order valence-corrected chi connectivity index (χ3v) is 1.78. The quantitative estimate of drug-likeness (QED) is 0.718. The Morgan fingerprint density at radius 1 is 1.00 bits per heavy atom. The zero-order valence-corrected chi connectivity index (χ0v) is 11.3. The van der Waals surface area contributed by atoms with Crippen molar-refractivity contribution in [1.82, 2.24) is 0 Å². The lowest BCUT2D eigenvalue weighted by Gasteiger charge is -2.11. The lowest BCUT2D eigenvalue weighted by Crippen LogP contribution is -2.00. The van der Waals surface area contributed by atoms with E-state index in [1.807, 2.05) is 32.9 Å². The summed E-state index contributed by atoms with van der Waals surface area (Å²) in [5.74, 6) is 2.06. The van der Waals surface area contributed by atoms with Crippen LogP contribution in [0.25, 0.3) is 0 Å². The summed E-state index contributed by atoms with van der Waals surface area (Å²) in [6.07, 6.45) is 0. The molecule has 0 N–H and O–H groups in total. The molecule has 4 nitrogen and oxygen atoms in total. The summed E-state index contributed by atoms with van der Waals surface area (Å²) in [6, 6.07) is 5.39. The molecule has 1 aromatic carbocycles. The van der Waals surface area contributed by atoms with Crippen LogP contribution in [-0.4, -0.2) is 27.6 Å². The molecule has 0 aliphatic heterocycles. The average Bonchev–Trinajstić information content (AvgIpc) is 2.40. The molecule has 0 aliphatic rings. The number of benzene rings is 1. The van der Waals surface area contributed by atoms with E-state index in [4.69, 9.17) is 18.9 Å². The third kappa shape index (κ3) is 5.45. The number of rotatable bonds is 6. The summed E-state index contributed by atoms with van der Waals surface area (Å²) in [7, 11) is 3.17. The molecule has 0 saturated heterocycles. The van der Waals surface area contributed by atoms with E-state index < -0.39 is 0 Å². The zero-order chi connectivity index (χ0) is 13.1. The summed E-state index contributed by atoms with van der Waals surface area (Å²) in [6.45, 7) is 6.75. The number of methoxy groups -OCH3 is 2. The van der Waals surface area contributed by atoms with Crippen LogP contribution in [-0.2, 0) is 4.74 Å². The van der Waals surface area contributed by atoms with Crippen molar-refractivity contribution in [2.45, 2.75) is 20.8 Å². The lowest BCUT2D eigenvalue weighted by atomic mass is 10.3. The van der Waals surface area contributed by atoms with Gasteiger partial charge in [0.05, 0.1) is 13.7 Å². The first-order chi connectivity index (χ1) is 8.31. The van der Waals surface area contributed by atoms with Crippen molar-refractivity contribution in [3.63, 3.8) is 0 Å². The fourth-order valence-corrected chi connectivity index (χ4v) is 1.14. The molecule has 1 rings (SSSR count). The Kier molecular flexibility index (Phi) is 8.96. The fourth-order valence-electron chi connectivity index (χ4n) is 1.14. The molecule has 0 aromatic heterocycles. The summed E-state index contributed by atoms with van der Waals surface area (Å²) in [4.78, 5) is 0. The first-order valence-corrected chi connectivity index (χ1v) is 5.74. The first kappa shape index (κ1) is 15.6. The molecule has 0 unspecified atom stereocenters. The minimum absolute atomic E-state index is 0.219. The molecule has 0 aliphatic carbocycles. The minimum Gasteiger partial charge on any atom is -0.493 e. The van der Waals surface area contributed by atoms with Gasteiger partial charge in [-0.05, 0) is 19.1 Å². The standard InChI is InChI=1S/C11H16O4.C2H6/c1-4-14-10-6-5-9(15-8-12-2)7-11(10)13-3;1-2/h5-7H,4,8H2,1-3H3;1-2H3. The normalized spacial score (nSPS) is 9.00. The van der Waals surface area contributed by atoms with Gasteiger partial charge in [0.2, 0.25) is 0 Å². The number of ether oxygens (including phenoxy) is 4. The molecule has 98 valence electrons. The van der Waals surface area contributed by atoms with E-state index in [0.29, 0.717) is 23.9 Å². The van der Waals surface area contributed by atoms with Crippen LogP contribution in [0.3, 0.4) is 0 Å². The highest BCUT2D eigenvalue weighted by Crippen LogP contribution is 2.31. The molecule has 0 saturated carbocycles. The molecular weight excluding hydrogens is 220 g/mol. The molecule has 0 heterocycles. The second-order valence-corrected chi connectivity index (χ2v) is 2.80. The van der Waals surface area contributed by atoms with Crippen LogP contribution in [0, 0.1) is 0 Å². The van der Waals surface area contributed by atoms with E-state index in [2.05, 4.69) is 0 Å². The zero-order valence-electron chi connectivity index (χ0n) is 11.3. The fraction of sp³-hybridized carbons (Fsp3) is 0.538. The van der Waals surface area contributed by atoms with Crippen molar-refractivity contribution in [2.75, 3.05) is 27.6 Å². The van der Waals surface area contributed by atoms with Gasteiger partial charge >= 0.3 is 0 Å². The van der Waals surface area contributed by atoms with E-state index in [1.54, 1.807) is 20.3 Å². The predicted molar refractivity (Wildman–Crippen MR) is 68.0 cm³/mol. The highest BCUT2D eigenvalue weighted by molar-refractivity contribution is 5.45. The molecule has 0 radical (unpaired) electrons. The Hall–Kier alpha value is -1.42. The molecule has 0 amide bonds. The van der Waals surface area contributed by atoms with Gasteiger partial charge in [-0.15, -0.1) is 0 Å². The van der Waals surface area contributed by atoms with Gasteiger partial charge in [-0.1, -0.05) is 13.8 Å². The van der Waals surface area contributed by atoms with Crippen molar-refractivity contribution in [1.29, 1.82) is 0 Å². The second kappa shape index (κ2) is 9.78. The van der Waals surface area contributed by atoms with E-state index in [-0.39, 0.29) is 6.79 Å². The Morgan fingerprint density at radius 3 is 2.24 bits per heavy atom. The molecule has 17 heavy (non-hydrogen) atoms. The summed E-state index contributed by atoms with van der Waals surface area (Å²) >= 11 is 0. The van der Waals surface area contributed by atoms with Crippen molar-refractivity contribution < 1.29 is 18.9 Å². The van der Waals surface area contributed by atoms with Crippen molar-refractivity contribution in [3.8, 4) is 17.2 Å². The van der Waals surface area contributed by atoms with Gasteiger partial charge in [-0.25, -0.2) is 0 Å². The summed E-state index contributed by atoms with van der Waals surface area (Å²) in [5.41, 5.74) is 0. The SMILES string of the molecule is CC.CCOc1ccc(OCOC)cc1OC. The minimum atomic E-state index is 0.219. The third-order valence-electron chi connectivity index (χ3n) is 1.78. The Labute approximate surface area is 103 Å². The topological polar surface area (TPSA) is 36.9 Å². The van der Waals surface area contributed by atoms with E-state index in [9.17, 15) is 0 Å². The number of hydrogen-bond acceptors (Lipinski definition) is 4. The van der Waals surface area contributed by atoms with Crippen LogP contribution >= 0.6 is 0 Å². The second-order valence-electron chi connectivity index (χ2n) is 2.80. The van der Waals surface area contributed by atoms with Crippen LogP contribution in [0.2, 0.25) is 0 Å². The van der Waals surface area contributed by atoms with Crippen LogP contribution < -0.4 is 14.2 Å². The van der Waals surface area contributed by atoms with Gasteiger partial charge < -0.3 is 18.9 Å². The van der Waals surface area contributed by atoms with Crippen molar-refractivity contribution in [3.05, 3.63) is 18.2 Å². The largest absolute Gasteiger partial charge is 0.493 e. The smallest absolute Gasteiger partial charge is 0.188 e. The Morgan fingerprint density at radius 2 is 1.71 bits per heavy atom. The highest BCUT2D eigenvalue weighted by atomic mass is 16.7. The summed E-state index contributed by atoms with van der Waals surface area (Å²) in [5, 5.41) is 0. The molecule has 0 bridgehead atoms. The molecule has 0 atom stereocenters. The van der Waals surface area contributed by atoms with Gasteiger partial charge in [-0.2, -0.15) is 0 Å². The van der Waals surface area contributed by atoms with Gasteiger partial charge in [0.25, 0.3) is 0 Å². The maximum Gasteiger partial charge on any atom is 0.188 e. The number of hydrogen-bond donors (Lipinski definition) is 0. The van der Waals surface area contributed by atoms with Gasteiger partial charge in [-0.3, -0.25) is 0 Å². The van der Waals surface area contributed by atoms with E-state index in [0.717, 1.165) is 0 Å². The van der Waals surface area contributed by atoms with Crippen LogP contribution in [0.15, 0.2) is 18.2 Å². The van der Waals surface area contributed by atoms with Gasteiger partial charge in [0.1, 0.15) is 5.75 Å². The molecule has 4 heteroatoms. The maximum atomic E-state index is 5.38.